The molecule has 0 bridgehead atoms. The number of esters is 1. The molecule has 4 rings (SSSR count). The average molecular weight is 551 g/mol. The number of carbonyl (C=O) groups excluding carboxylic acids is 3. The number of hydrogen-bond acceptors (Lipinski definition) is 5. The van der Waals surface area contributed by atoms with Crippen molar-refractivity contribution in [3.63, 3.8) is 0 Å². The van der Waals surface area contributed by atoms with Crippen LogP contribution in [-0.2, 0) is 35.6 Å². The predicted molar refractivity (Wildman–Crippen MR) is 146 cm³/mol. The third-order valence-electron chi connectivity index (χ3n) is 6.20. The third-order valence-corrected chi connectivity index (χ3v) is 7.63. The van der Waals surface area contributed by atoms with E-state index in [4.69, 9.17) is 15.4 Å². The van der Waals surface area contributed by atoms with Crippen LogP contribution in [0.2, 0.25) is 0 Å². The molecule has 4 unspecified atom stereocenters. The van der Waals surface area contributed by atoms with Crippen LogP contribution < -0.4 is 5.32 Å². The highest BCUT2D eigenvalue weighted by atomic mass is 35.7. The van der Waals surface area contributed by atoms with E-state index in [2.05, 4.69) is 11.9 Å². The number of likely N-dealkylation sites (tertiary alicyclic amines) is 1. The molecule has 1 N–H and O–H groups in total. The number of nitrogens with one attached hydrogen (secondary N) is 1. The van der Waals surface area contributed by atoms with E-state index in [9.17, 15) is 18.6 Å². The standard InChI is InChI=1S/C29H27ClN2O5S/c1-19(2)25(29(35)37-26(21-14-8-4-9-15-21)22-16-10-5-11-17-22)32-27(34)24(28(32)38(30)36)31-23(33)18-20-12-6-3-7-13-20/h3-17,24-26,28H,1,18H2,2H3,(H,31,33). The number of nitrogens with zero attached hydrogens (tertiary/aromatic N) is 1. The van der Waals surface area contributed by atoms with E-state index in [0.29, 0.717) is 5.57 Å². The Morgan fingerprint density at radius 2 is 1.47 bits per heavy atom. The van der Waals surface area contributed by atoms with Crippen molar-refractivity contribution in [3.05, 3.63) is 120 Å². The van der Waals surface area contributed by atoms with E-state index < -0.39 is 51.4 Å². The first-order valence-corrected chi connectivity index (χ1v) is 14.0. The second kappa shape index (κ2) is 12.2. The Balaban J connectivity index is 1.55. The van der Waals surface area contributed by atoms with Crippen LogP contribution in [0, 0.1) is 0 Å². The molecule has 196 valence electrons. The molecule has 38 heavy (non-hydrogen) atoms. The molecule has 3 aromatic rings. The summed E-state index contributed by atoms with van der Waals surface area (Å²) in [6.07, 6.45) is -0.710. The molecule has 0 spiro atoms. The van der Waals surface area contributed by atoms with Gasteiger partial charge in [-0.1, -0.05) is 97.6 Å². The molecule has 0 aromatic heterocycles. The maximum atomic E-state index is 13.6. The fraction of sp³-hybridized carbons (Fsp3) is 0.207. The van der Waals surface area contributed by atoms with E-state index in [0.717, 1.165) is 21.6 Å². The molecular formula is C29H27ClN2O5S. The summed E-state index contributed by atoms with van der Waals surface area (Å²) in [5, 5.41) is 1.48. The molecule has 0 aliphatic carbocycles. The first kappa shape index (κ1) is 27.3. The Morgan fingerprint density at radius 1 is 0.974 bits per heavy atom. The molecule has 1 aliphatic rings. The number of halogens is 1. The highest BCUT2D eigenvalue weighted by Crippen LogP contribution is 2.33. The van der Waals surface area contributed by atoms with E-state index in [-0.39, 0.29) is 6.42 Å². The summed E-state index contributed by atoms with van der Waals surface area (Å²) < 4.78 is 18.4. The number of carbonyl (C=O) groups is 3. The van der Waals surface area contributed by atoms with Gasteiger partial charge in [0, 0.05) is 0 Å². The minimum atomic E-state index is -2.09. The molecule has 1 saturated heterocycles. The highest BCUT2D eigenvalue weighted by molar-refractivity contribution is 8.08. The molecule has 2 amide bonds. The van der Waals surface area contributed by atoms with Crippen molar-refractivity contribution < 1.29 is 23.3 Å². The summed E-state index contributed by atoms with van der Waals surface area (Å²) in [6.45, 7) is 5.46. The zero-order valence-electron chi connectivity index (χ0n) is 20.7. The summed E-state index contributed by atoms with van der Waals surface area (Å²) in [6, 6.07) is 25.0. The second-order valence-corrected chi connectivity index (χ2v) is 10.9. The molecule has 3 aromatic carbocycles. The van der Waals surface area contributed by atoms with Gasteiger partial charge in [0.05, 0.1) is 6.42 Å². The van der Waals surface area contributed by atoms with Gasteiger partial charge in [0.2, 0.25) is 11.8 Å². The molecule has 1 fully saturated rings. The van der Waals surface area contributed by atoms with Gasteiger partial charge in [-0.15, -0.1) is 0 Å². The number of ether oxygens (including phenoxy) is 1. The average Bonchev–Trinajstić information content (AvgIpc) is 2.91. The zero-order valence-corrected chi connectivity index (χ0v) is 22.2. The van der Waals surface area contributed by atoms with Crippen LogP contribution in [0.5, 0.6) is 0 Å². The Morgan fingerprint density at radius 3 is 1.95 bits per heavy atom. The summed E-state index contributed by atoms with van der Waals surface area (Å²) in [4.78, 5) is 40.5. The second-order valence-electron chi connectivity index (χ2n) is 8.98. The van der Waals surface area contributed by atoms with Gasteiger partial charge in [-0.05, 0) is 39.9 Å². The first-order chi connectivity index (χ1) is 18.3. The maximum absolute atomic E-state index is 13.6. The van der Waals surface area contributed by atoms with Crippen molar-refractivity contribution in [1.29, 1.82) is 0 Å². The first-order valence-electron chi connectivity index (χ1n) is 12.0. The number of benzene rings is 3. The Bertz CT molecular complexity index is 1300. The van der Waals surface area contributed by atoms with Crippen LogP contribution in [0.4, 0.5) is 0 Å². The number of hydrogen-bond donors (Lipinski definition) is 1. The van der Waals surface area contributed by atoms with E-state index in [1.54, 1.807) is 31.2 Å². The fourth-order valence-electron chi connectivity index (χ4n) is 4.41. The van der Waals surface area contributed by atoms with Crippen molar-refractivity contribution in [2.75, 3.05) is 0 Å². The minimum absolute atomic E-state index is 0.0358. The fourth-order valence-corrected chi connectivity index (χ4v) is 5.78. The molecule has 1 heterocycles. The largest absolute Gasteiger partial charge is 0.451 e. The Hall–Kier alpha value is -3.75. The summed E-state index contributed by atoms with van der Waals surface area (Å²) >= 11 is 0. The van der Waals surface area contributed by atoms with Crippen LogP contribution in [0.25, 0.3) is 0 Å². The van der Waals surface area contributed by atoms with Crippen molar-refractivity contribution in [2.24, 2.45) is 0 Å². The van der Waals surface area contributed by atoms with Gasteiger partial charge in [-0.25, -0.2) is 9.00 Å². The van der Waals surface area contributed by atoms with E-state index >= 15 is 0 Å². The summed E-state index contributed by atoms with van der Waals surface area (Å²) in [5.41, 5.74) is 2.55. The van der Waals surface area contributed by atoms with Crippen molar-refractivity contribution in [3.8, 4) is 0 Å². The van der Waals surface area contributed by atoms with Gasteiger partial charge in [0.1, 0.15) is 16.1 Å². The number of rotatable bonds is 10. The zero-order chi connectivity index (χ0) is 27.2. The summed E-state index contributed by atoms with van der Waals surface area (Å²) in [5.74, 6) is -1.76. The molecule has 0 radical (unpaired) electrons. The normalized spacial score (nSPS) is 18.3. The Labute approximate surface area is 228 Å². The highest BCUT2D eigenvalue weighted by Gasteiger charge is 2.56. The van der Waals surface area contributed by atoms with E-state index in [1.807, 2.05) is 66.7 Å². The van der Waals surface area contributed by atoms with Gasteiger partial charge >= 0.3 is 5.97 Å². The van der Waals surface area contributed by atoms with Gasteiger partial charge < -0.3 is 15.0 Å². The van der Waals surface area contributed by atoms with Crippen LogP contribution in [0.15, 0.2) is 103 Å². The quantitative estimate of drug-likeness (QED) is 0.178. The van der Waals surface area contributed by atoms with Crippen molar-refractivity contribution >= 4 is 38.5 Å². The predicted octanol–water partition coefficient (Wildman–Crippen LogP) is 4.06. The number of β-lactam (4-membered cyclic amide) rings is 1. The third kappa shape index (κ3) is 6.03. The maximum Gasteiger partial charge on any atom is 0.334 e. The lowest BCUT2D eigenvalue weighted by Crippen LogP contribution is -2.75. The smallest absolute Gasteiger partial charge is 0.334 e. The van der Waals surface area contributed by atoms with Gasteiger partial charge in [0.15, 0.2) is 17.5 Å². The Kier molecular flexibility index (Phi) is 8.76. The molecular weight excluding hydrogens is 524 g/mol. The number of amides is 2. The van der Waals surface area contributed by atoms with Crippen molar-refractivity contribution in [2.45, 2.75) is 36.9 Å². The topological polar surface area (TPSA) is 92.8 Å². The van der Waals surface area contributed by atoms with Crippen LogP contribution in [0.1, 0.15) is 29.7 Å². The lowest BCUT2D eigenvalue weighted by atomic mass is 9.98. The monoisotopic (exact) mass is 550 g/mol. The van der Waals surface area contributed by atoms with Crippen LogP contribution in [0.3, 0.4) is 0 Å². The van der Waals surface area contributed by atoms with Gasteiger partial charge in [0.25, 0.3) is 0 Å². The lowest BCUT2D eigenvalue weighted by molar-refractivity contribution is -0.165. The van der Waals surface area contributed by atoms with Crippen LogP contribution >= 0.6 is 10.7 Å². The lowest BCUT2D eigenvalue weighted by Gasteiger charge is -2.48. The molecule has 0 saturated carbocycles. The van der Waals surface area contributed by atoms with Gasteiger partial charge in [-0.2, -0.15) is 0 Å². The van der Waals surface area contributed by atoms with Gasteiger partial charge in [-0.3, -0.25) is 9.59 Å². The van der Waals surface area contributed by atoms with Crippen molar-refractivity contribution in [1.82, 2.24) is 10.2 Å². The summed E-state index contributed by atoms with van der Waals surface area (Å²) in [7, 11) is 3.88. The SMILES string of the molecule is C=C(C)C(C(=O)OC(c1ccccc1)c1ccccc1)N1C(=O)C(NC(=O)Cc2ccccc2)C1S(=O)Cl. The van der Waals surface area contributed by atoms with Crippen LogP contribution in [-0.4, -0.2) is 44.4 Å². The molecule has 1 aliphatic heterocycles. The molecule has 4 atom stereocenters. The molecule has 9 heteroatoms. The minimum Gasteiger partial charge on any atom is -0.451 e. The van der Waals surface area contributed by atoms with E-state index in [1.165, 1.54) is 0 Å². The molecule has 7 nitrogen and oxygen atoms in total.